The minimum Gasteiger partial charge on any atom is -0.367 e. The van der Waals surface area contributed by atoms with Gasteiger partial charge in [0.2, 0.25) is 5.91 Å². The average Bonchev–Trinajstić information content (AvgIpc) is 2.59. The van der Waals surface area contributed by atoms with E-state index in [0.717, 1.165) is 30.4 Å². The third kappa shape index (κ3) is 1.88. The zero-order valence-corrected chi connectivity index (χ0v) is 14.2. The molecule has 4 heteroatoms. The quantitative estimate of drug-likeness (QED) is 0.881. The SMILES string of the molecule is Cc1ccc2c(c1)CN[C@]1(C(C)C)C[C@@]2(O)N(C2CCC2)C1=O. The van der Waals surface area contributed by atoms with E-state index in [4.69, 9.17) is 0 Å². The van der Waals surface area contributed by atoms with Crippen molar-refractivity contribution in [3.8, 4) is 0 Å². The molecule has 1 saturated carbocycles. The van der Waals surface area contributed by atoms with Crippen LogP contribution in [0.4, 0.5) is 0 Å². The van der Waals surface area contributed by atoms with E-state index in [1.807, 2.05) is 17.0 Å². The van der Waals surface area contributed by atoms with Crippen molar-refractivity contribution >= 4 is 5.91 Å². The second-order valence-electron chi connectivity index (χ2n) is 7.89. The molecule has 23 heavy (non-hydrogen) atoms. The normalized spacial score (nSPS) is 33.6. The van der Waals surface area contributed by atoms with Gasteiger partial charge in [-0.2, -0.15) is 0 Å². The lowest BCUT2D eigenvalue weighted by Gasteiger charge is -2.44. The van der Waals surface area contributed by atoms with E-state index >= 15 is 0 Å². The minimum absolute atomic E-state index is 0.0888. The Labute approximate surface area is 137 Å². The number of rotatable bonds is 2. The molecule has 1 aromatic carbocycles. The van der Waals surface area contributed by atoms with Gasteiger partial charge in [-0.3, -0.25) is 10.1 Å². The highest BCUT2D eigenvalue weighted by molar-refractivity contribution is 5.91. The maximum absolute atomic E-state index is 13.3. The summed E-state index contributed by atoms with van der Waals surface area (Å²) in [6.07, 6.45) is 3.60. The Morgan fingerprint density at radius 3 is 2.70 bits per heavy atom. The van der Waals surface area contributed by atoms with Crippen LogP contribution in [0.15, 0.2) is 18.2 Å². The number of hydrogen-bond acceptors (Lipinski definition) is 3. The number of amides is 1. The zero-order chi connectivity index (χ0) is 16.4. The molecule has 2 aliphatic heterocycles. The van der Waals surface area contributed by atoms with Crippen molar-refractivity contribution in [3.63, 3.8) is 0 Å². The Balaban J connectivity index is 1.90. The molecule has 0 aromatic heterocycles. The van der Waals surface area contributed by atoms with E-state index in [1.54, 1.807) is 0 Å². The summed E-state index contributed by atoms with van der Waals surface area (Å²) in [7, 11) is 0. The van der Waals surface area contributed by atoms with Crippen molar-refractivity contribution in [2.45, 2.75) is 70.3 Å². The molecule has 1 aromatic rings. The average molecular weight is 314 g/mol. The summed E-state index contributed by atoms with van der Waals surface area (Å²) in [6, 6.07) is 6.38. The molecule has 1 aliphatic carbocycles. The van der Waals surface area contributed by atoms with Crippen molar-refractivity contribution in [1.29, 1.82) is 0 Å². The summed E-state index contributed by atoms with van der Waals surface area (Å²) in [4.78, 5) is 15.1. The van der Waals surface area contributed by atoms with Gasteiger partial charge in [-0.25, -0.2) is 0 Å². The number of benzene rings is 1. The summed E-state index contributed by atoms with van der Waals surface area (Å²) in [5.74, 6) is 0.230. The molecular formula is C19H26N2O2. The van der Waals surface area contributed by atoms with Gasteiger partial charge in [0.15, 0.2) is 5.72 Å². The summed E-state index contributed by atoms with van der Waals surface area (Å²) in [6.45, 7) is 6.87. The Morgan fingerprint density at radius 1 is 1.35 bits per heavy atom. The number of likely N-dealkylation sites (tertiary alicyclic amines) is 1. The Morgan fingerprint density at radius 2 is 2.09 bits per heavy atom. The molecule has 124 valence electrons. The molecule has 2 heterocycles. The molecule has 1 saturated heterocycles. The Hall–Kier alpha value is -1.39. The molecule has 0 spiro atoms. The van der Waals surface area contributed by atoms with E-state index < -0.39 is 11.3 Å². The number of hydrogen-bond donors (Lipinski definition) is 2. The minimum atomic E-state index is -1.17. The first-order valence-electron chi connectivity index (χ1n) is 8.80. The number of nitrogens with one attached hydrogen (secondary N) is 1. The van der Waals surface area contributed by atoms with E-state index in [-0.39, 0.29) is 17.9 Å². The van der Waals surface area contributed by atoms with Gasteiger partial charge in [0.25, 0.3) is 0 Å². The van der Waals surface area contributed by atoms with E-state index in [1.165, 1.54) is 5.56 Å². The fraction of sp³-hybridized carbons (Fsp3) is 0.632. The van der Waals surface area contributed by atoms with Crippen LogP contribution >= 0.6 is 0 Å². The number of aryl methyl sites for hydroxylation is 1. The molecule has 3 aliphatic rings. The molecule has 2 bridgehead atoms. The molecule has 2 atom stereocenters. The summed E-state index contributed by atoms with van der Waals surface area (Å²) in [5.41, 5.74) is 1.39. The Kier molecular flexibility index (Phi) is 3.17. The van der Waals surface area contributed by atoms with Crippen LogP contribution in [-0.4, -0.2) is 27.5 Å². The largest absolute Gasteiger partial charge is 0.367 e. The van der Waals surface area contributed by atoms with Crippen molar-refractivity contribution < 1.29 is 9.90 Å². The van der Waals surface area contributed by atoms with Crippen molar-refractivity contribution in [2.24, 2.45) is 5.92 Å². The zero-order valence-electron chi connectivity index (χ0n) is 14.2. The van der Waals surface area contributed by atoms with Crippen LogP contribution in [0.2, 0.25) is 0 Å². The van der Waals surface area contributed by atoms with Crippen LogP contribution in [0, 0.1) is 12.8 Å². The second kappa shape index (κ2) is 4.81. The van der Waals surface area contributed by atoms with Crippen LogP contribution in [0.3, 0.4) is 0 Å². The first kappa shape index (κ1) is 15.2. The third-order valence-corrected chi connectivity index (χ3v) is 6.24. The molecule has 0 radical (unpaired) electrons. The van der Waals surface area contributed by atoms with Gasteiger partial charge in [-0.15, -0.1) is 0 Å². The first-order chi connectivity index (χ1) is 10.9. The van der Waals surface area contributed by atoms with Crippen LogP contribution in [-0.2, 0) is 17.1 Å². The molecule has 2 fully saturated rings. The molecule has 1 amide bonds. The predicted molar refractivity (Wildman–Crippen MR) is 88.6 cm³/mol. The van der Waals surface area contributed by atoms with Gasteiger partial charge in [0.05, 0.1) is 0 Å². The van der Waals surface area contributed by atoms with Gasteiger partial charge in [-0.05, 0) is 37.7 Å². The number of carbonyl (C=O) groups excluding carboxylic acids is 1. The molecular weight excluding hydrogens is 288 g/mol. The highest BCUT2D eigenvalue weighted by atomic mass is 16.3. The molecule has 4 rings (SSSR count). The highest BCUT2D eigenvalue weighted by Crippen LogP contribution is 2.51. The summed E-state index contributed by atoms with van der Waals surface area (Å²) >= 11 is 0. The predicted octanol–water partition coefficient (Wildman–Crippen LogP) is 2.42. The van der Waals surface area contributed by atoms with Gasteiger partial charge in [0.1, 0.15) is 5.54 Å². The topological polar surface area (TPSA) is 52.6 Å². The maximum atomic E-state index is 13.3. The summed E-state index contributed by atoms with van der Waals surface area (Å²) < 4.78 is 0. The van der Waals surface area contributed by atoms with E-state index in [0.29, 0.717) is 13.0 Å². The fourth-order valence-corrected chi connectivity index (χ4v) is 4.58. The molecule has 0 unspecified atom stereocenters. The van der Waals surface area contributed by atoms with Crippen molar-refractivity contribution in [3.05, 3.63) is 34.9 Å². The Bertz CT molecular complexity index is 667. The number of fused-ring (bicyclic) bond motifs is 4. The van der Waals surface area contributed by atoms with Crippen LogP contribution in [0.25, 0.3) is 0 Å². The fourth-order valence-electron chi connectivity index (χ4n) is 4.58. The van der Waals surface area contributed by atoms with Gasteiger partial charge >= 0.3 is 0 Å². The lowest BCUT2D eigenvalue weighted by atomic mass is 9.82. The standard InChI is InChI=1S/C19H26N2O2/c1-12(2)18-11-19(23,21(17(18)22)15-5-4-6-15)16-8-7-13(3)9-14(16)10-20-18/h7-9,12,15,20,23H,4-6,10-11H2,1-3H3/t18-,19-/m0/s1. The monoisotopic (exact) mass is 314 g/mol. The van der Waals surface area contributed by atoms with Gasteiger partial charge in [-0.1, -0.05) is 37.6 Å². The molecule has 4 nitrogen and oxygen atoms in total. The van der Waals surface area contributed by atoms with Crippen LogP contribution in [0.1, 0.15) is 56.2 Å². The summed E-state index contributed by atoms with van der Waals surface area (Å²) in [5, 5.41) is 15.2. The van der Waals surface area contributed by atoms with Gasteiger partial charge in [0, 0.05) is 24.6 Å². The van der Waals surface area contributed by atoms with Crippen molar-refractivity contribution in [2.75, 3.05) is 0 Å². The number of nitrogens with zero attached hydrogens (tertiary/aromatic N) is 1. The highest BCUT2D eigenvalue weighted by Gasteiger charge is 2.64. The van der Waals surface area contributed by atoms with E-state index in [9.17, 15) is 9.90 Å². The smallest absolute Gasteiger partial charge is 0.246 e. The number of carbonyl (C=O) groups is 1. The second-order valence-corrected chi connectivity index (χ2v) is 7.89. The van der Waals surface area contributed by atoms with E-state index in [2.05, 4.69) is 32.2 Å². The number of aliphatic hydroxyl groups is 1. The first-order valence-corrected chi connectivity index (χ1v) is 8.80. The lowest BCUT2D eigenvalue weighted by Crippen LogP contribution is -2.58. The van der Waals surface area contributed by atoms with Crippen molar-refractivity contribution in [1.82, 2.24) is 10.2 Å². The van der Waals surface area contributed by atoms with Crippen LogP contribution in [0.5, 0.6) is 0 Å². The van der Waals surface area contributed by atoms with Crippen LogP contribution < -0.4 is 5.32 Å². The van der Waals surface area contributed by atoms with Gasteiger partial charge < -0.3 is 10.0 Å². The lowest BCUT2D eigenvalue weighted by molar-refractivity contribution is -0.161. The third-order valence-electron chi connectivity index (χ3n) is 6.24. The maximum Gasteiger partial charge on any atom is 0.246 e. The molecule has 2 N–H and O–H groups in total.